The van der Waals surface area contributed by atoms with Crippen molar-refractivity contribution in [1.82, 2.24) is 4.57 Å². The van der Waals surface area contributed by atoms with E-state index in [0.717, 1.165) is 12.0 Å². The Morgan fingerprint density at radius 2 is 2.19 bits per heavy atom. The highest BCUT2D eigenvalue weighted by molar-refractivity contribution is 7.12. The Hall–Kier alpha value is -1.35. The van der Waals surface area contributed by atoms with E-state index in [1.165, 1.54) is 15.3 Å². The molecule has 2 rings (SSSR count). The third-order valence-corrected chi connectivity index (χ3v) is 3.86. The average Bonchev–Trinajstić information content (AvgIpc) is 2.83. The van der Waals surface area contributed by atoms with Crippen molar-refractivity contribution in [3.8, 4) is 0 Å². The zero-order valence-electron chi connectivity index (χ0n) is 9.73. The average molecular weight is 233 g/mol. The van der Waals surface area contributed by atoms with Crippen molar-refractivity contribution < 1.29 is 4.79 Å². The molecule has 0 amide bonds. The van der Waals surface area contributed by atoms with Crippen molar-refractivity contribution in [2.75, 3.05) is 0 Å². The van der Waals surface area contributed by atoms with Gasteiger partial charge in [-0.25, -0.2) is 0 Å². The Bertz CT molecular complexity index is 510. The summed E-state index contributed by atoms with van der Waals surface area (Å²) in [5.41, 5.74) is 2.04. The van der Waals surface area contributed by atoms with Crippen LogP contribution in [0.5, 0.6) is 0 Å². The molecule has 1 unspecified atom stereocenters. The molecule has 2 aromatic rings. The van der Waals surface area contributed by atoms with Gasteiger partial charge in [0.1, 0.15) is 0 Å². The second kappa shape index (κ2) is 4.26. The number of hydrogen-bond acceptors (Lipinski definition) is 2. The smallest absolute Gasteiger partial charge is 0.166 e. The van der Waals surface area contributed by atoms with Crippen molar-refractivity contribution in [2.45, 2.75) is 26.8 Å². The van der Waals surface area contributed by atoms with Gasteiger partial charge in [-0.2, -0.15) is 0 Å². The van der Waals surface area contributed by atoms with Gasteiger partial charge in [0.15, 0.2) is 6.29 Å². The molecule has 0 saturated carbocycles. The van der Waals surface area contributed by atoms with Gasteiger partial charge in [-0.3, -0.25) is 4.79 Å². The maximum atomic E-state index is 10.9. The van der Waals surface area contributed by atoms with E-state index in [-0.39, 0.29) is 6.04 Å². The fourth-order valence-corrected chi connectivity index (χ4v) is 3.09. The quantitative estimate of drug-likeness (QED) is 0.743. The maximum Gasteiger partial charge on any atom is 0.166 e. The summed E-state index contributed by atoms with van der Waals surface area (Å²) in [6.45, 7) is 6.37. The molecule has 2 nitrogen and oxygen atoms in total. The Labute approximate surface area is 99.5 Å². The predicted molar refractivity (Wildman–Crippen MR) is 67.4 cm³/mol. The zero-order chi connectivity index (χ0) is 11.7. The van der Waals surface area contributed by atoms with Crippen LogP contribution >= 0.6 is 11.3 Å². The van der Waals surface area contributed by atoms with Gasteiger partial charge in [-0.1, -0.05) is 0 Å². The van der Waals surface area contributed by atoms with E-state index < -0.39 is 0 Å². The topological polar surface area (TPSA) is 22.0 Å². The van der Waals surface area contributed by atoms with Crippen LogP contribution < -0.4 is 0 Å². The minimum Gasteiger partial charge on any atom is -0.338 e. The monoisotopic (exact) mass is 233 g/mol. The number of thiophene rings is 1. The largest absolute Gasteiger partial charge is 0.338 e. The summed E-state index contributed by atoms with van der Waals surface area (Å²) in [5.74, 6) is 0. The molecular weight excluding hydrogens is 218 g/mol. The molecule has 0 radical (unpaired) electrons. The minimum absolute atomic E-state index is 0.222. The first-order valence-corrected chi connectivity index (χ1v) is 6.14. The van der Waals surface area contributed by atoms with Crippen LogP contribution in [0.15, 0.2) is 24.4 Å². The fraction of sp³-hybridized carbons (Fsp3) is 0.308. The van der Waals surface area contributed by atoms with Gasteiger partial charge in [0.05, 0.1) is 11.7 Å². The third-order valence-electron chi connectivity index (χ3n) is 2.88. The molecule has 0 fully saturated rings. The number of aldehydes is 1. The number of nitrogens with zero attached hydrogens (tertiary/aromatic N) is 1. The first kappa shape index (κ1) is 11.1. The lowest BCUT2D eigenvalue weighted by Crippen LogP contribution is -2.08. The molecule has 0 spiro atoms. The van der Waals surface area contributed by atoms with Crippen LogP contribution in [0.4, 0.5) is 0 Å². The number of hydrogen-bond donors (Lipinski definition) is 0. The highest BCUT2D eigenvalue weighted by Gasteiger charge is 2.14. The molecule has 84 valence electrons. The van der Waals surface area contributed by atoms with Crippen LogP contribution in [-0.4, -0.2) is 10.9 Å². The molecule has 2 aromatic heterocycles. The van der Waals surface area contributed by atoms with Crippen molar-refractivity contribution >= 4 is 17.6 Å². The van der Waals surface area contributed by atoms with E-state index in [4.69, 9.17) is 0 Å². The summed E-state index contributed by atoms with van der Waals surface area (Å²) in [4.78, 5) is 13.5. The van der Waals surface area contributed by atoms with Crippen LogP contribution in [0, 0.1) is 13.8 Å². The van der Waals surface area contributed by atoms with E-state index in [2.05, 4.69) is 26.8 Å². The predicted octanol–water partition coefficient (Wildman–Crippen LogP) is 3.59. The summed E-state index contributed by atoms with van der Waals surface area (Å²) in [6, 6.07) is 6.19. The standard InChI is InChI=1S/C13H15NOS/c1-9-7-13(11(3)16-9)10(2)14-6-4-5-12(14)8-15/h4-8,10H,1-3H3. The van der Waals surface area contributed by atoms with E-state index in [1.807, 2.05) is 22.9 Å². The lowest BCUT2D eigenvalue weighted by Gasteiger charge is -2.15. The number of carbonyl (C=O) groups is 1. The second-order valence-electron chi connectivity index (χ2n) is 4.00. The van der Waals surface area contributed by atoms with E-state index >= 15 is 0 Å². The maximum absolute atomic E-state index is 10.9. The third kappa shape index (κ3) is 1.83. The first-order valence-electron chi connectivity index (χ1n) is 5.32. The van der Waals surface area contributed by atoms with Crippen LogP contribution in [-0.2, 0) is 0 Å². The SMILES string of the molecule is Cc1cc(C(C)n2cccc2C=O)c(C)s1. The zero-order valence-corrected chi connectivity index (χ0v) is 10.5. The van der Waals surface area contributed by atoms with Gasteiger partial charge < -0.3 is 4.57 Å². The molecule has 16 heavy (non-hydrogen) atoms. The van der Waals surface area contributed by atoms with Crippen molar-refractivity contribution in [3.63, 3.8) is 0 Å². The molecule has 0 aliphatic carbocycles. The van der Waals surface area contributed by atoms with E-state index in [9.17, 15) is 4.79 Å². The van der Waals surface area contributed by atoms with Crippen molar-refractivity contribution in [3.05, 3.63) is 45.4 Å². The first-order chi connectivity index (χ1) is 7.63. The van der Waals surface area contributed by atoms with Crippen LogP contribution in [0.3, 0.4) is 0 Å². The van der Waals surface area contributed by atoms with Gasteiger partial charge in [0.25, 0.3) is 0 Å². The Balaban J connectivity index is 2.42. The van der Waals surface area contributed by atoms with Gasteiger partial charge in [-0.15, -0.1) is 11.3 Å². The van der Waals surface area contributed by atoms with Gasteiger partial charge >= 0.3 is 0 Å². The molecule has 0 N–H and O–H groups in total. The molecule has 3 heteroatoms. The molecule has 0 aliphatic rings. The highest BCUT2D eigenvalue weighted by atomic mass is 32.1. The van der Waals surface area contributed by atoms with E-state index in [0.29, 0.717) is 0 Å². The summed E-state index contributed by atoms with van der Waals surface area (Å²) >= 11 is 1.81. The molecule has 2 heterocycles. The second-order valence-corrected chi connectivity index (χ2v) is 5.46. The lowest BCUT2D eigenvalue weighted by atomic mass is 10.1. The normalized spacial score (nSPS) is 12.7. The van der Waals surface area contributed by atoms with Crippen LogP contribution in [0.25, 0.3) is 0 Å². The summed E-state index contributed by atoms with van der Waals surface area (Å²) < 4.78 is 2.02. The molecule has 1 atom stereocenters. The number of rotatable bonds is 3. The van der Waals surface area contributed by atoms with E-state index in [1.54, 1.807) is 11.3 Å². The Kier molecular flexibility index (Phi) is 2.97. The molecule has 0 bridgehead atoms. The van der Waals surface area contributed by atoms with Crippen molar-refractivity contribution in [1.29, 1.82) is 0 Å². The fourth-order valence-electron chi connectivity index (χ4n) is 2.07. The van der Waals surface area contributed by atoms with Crippen molar-refractivity contribution in [2.24, 2.45) is 0 Å². The minimum atomic E-state index is 0.222. The highest BCUT2D eigenvalue weighted by Crippen LogP contribution is 2.29. The summed E-state index contributed by atoms with van der Waals surface area (Å²) in [6.07, 6.45) is 2.87. The summed E-state index contributed by atoms with van der Waals surface area (Å²) in [7, 11) is 0. The van der Waals surface area contributed by atoms with Gasteiger partial charge in [-0.05, 0) is 44.5 Å². The molecular formula is C13H15NOS. The van der Waals surface area contributed by atoms with Crippen LogP contribution in [0.1, 0.15) is 38.8 Å². The Morgan fingerprint density at radius 3 is 2.75 bits per heavy atom. The Morgan fingerprint density at radius 1 is 1.44 bits per heavy atom. The van der Waals surface area contributed by atoms with Gasteiger partial charge in [0.2, 0.25) is 0 Å². The number of carbonyl (C=O) groups excluding carboxylic acids is 1. The lowest BCUT2D eigenvalue weighted by molar-refractivity contribution is 0.111. The number of aromatic nitrogens is 1. The van der Waals surface area contributed by atoms with Gasteiger partial charge in [0, 0.05) is 16.0 Å². The molecule has 0 saturated heterocycles. The molecule has 0 aliphatic heterocycles. The summed E-state index contributed by atoms with van der Waals surface area (Å²) in [5, 5.41) is 0. The molecule has 0 aromatic carbocycles. The van der Waals surface area contributed by atoms with Crippen LogP contribution in [0.2, 0.25) is 0 Å². The number of aryl methyl sites for hydroxylation is 2.